The van der Waals surface area contributed by atoms with Crippen molar-refractivity contribution in [3.63, 3.8) is 0 Å². The molecule has 1 aliphatic heterocycles. The number of hydrogen-bond acceptors (Lipinski definition) is 3. The van der Waals surface area contributed by atoms with Crippen molar-refractivity contribution >= 4 is 29.0 Å². The second-order valence-corrected chi connectivity index (χ2v) is 3.57. The van der Waals surface area contributed by atoms with Gasteiger partial charge in [-0.15, -0.1) is 21.8 Å². The van der Waals surface area contributed by atoms with E-state index in [-0.39, 0.29) is 5.38 Å². The number of rotatable bonds is 0. The number of hydrogen-bond donors (Lipinski definition) is 1. The van der Waals surface area contributed by atoms with Crippen molar-refractivity contribution in [2.45, 2.75) is 11.8 Å². The Balaban J connectivity index is 2.47. The van der Waals surface area contributed by atoms with Crippen LogP contribution in [0.4, 0.5) is 5.82 Å². The summed E-state index contributed by atoms with van der Waals surface area (Å²) < 4.78 is 0. The van der Waals surface area contributed by atoms with Gasteiger partial charge in [0, 0.05) is 12.1 Å². The number of halogens is 2. The predicted octanol–water partition coefficient (Wildman–Crippen LogP) is 2.23. The highest BCUT2D eigenvalue weighted by Gasteiger charge is 2.19. The minimum Gasteiger partial charge on any atom is -0.368 e. The lowest BCUT2D eigenvalue weighted by Gasteiger charge is -2.20. The van der Waals surface area contributed by atoms with Gasteiger partial charge in [-0.05, 0) is 12.5 Å². The van der Waals surface area contributed by atoms with Crippen LogP contribution in [-0.4, -0.2) is 16.7 Å². The third-order valence-electron chi connectivity index (χ3n) is 1.82. The largest absolute Gasteiger partial charge is 0.368 e. The second-order valence-electron chi connectivity index (χ2n) is 2.65. The third-order valence-corrected chi connectivity index (χ3v) is 2.46. The molecule has 0 fully saturated rings. The van der Waals surface area contributed by atoms with Crippen LogP contribution in [0, 0.1) is 0 Å². The van der Waals surface area contributed by atoms with Crippen molar-refractivity contribution in [3.05, 3.63) is 16.8 Å². The molecule has 64 valence electrons. The molecular weight excluding hydrogens is 197 g/mol. The number of fused-ring (bicyclic) bond motifs is 1. The van der Waals surface area contributed by atoms with Gasteiger partial charge < -0.3 is 5.32 Å². The molecule has 0 aliphatic carbocycles. The molecule has 0 bridgehead atoms. The lowest BCUT2D eigenvalue weighted by Crippen LogP contribution is -2.15. The first-order chi connectivity index (χ1) is 5.77. The van der Waals surface area contributed by atoms with Gasteiger partial charge in [-0.25, -0.2) is 0 Å². The van der Waals surface area contributed by atoms with Crippen LogP contribution in [-0.2, 0) is 0 Å². The molecule has 0 amide bonds. The smallest absolute Gasteiger partial charge is 0.153 e. The zero-order chi connectivity index (χ0) is 8.55. The highest BCUT2D eigenvalue weighted by atomic mass is 35.5. The molecular formula is C7H7Cl2N3. The molecule has 12 heavy (non-hydrogen) atoms. The van der Waals surface area contributed by atoms with Crippen molar-refractivity contribution in [1.29, 1.82) is 0 Å². The summed E-state index contributed by atoms with van der Waals surface area (Å²) in [6.07, 6.45) is 0.899. The summed E-state index contributed by atoms with van der Waals surface area (Å²) in [6, 6.07) is 1.76. The maximum atomic E-state index is 6.05. The Labute approximate surface area is 80.1 Å². The maximum Gasteiger partial charge on any atom is 0.153 e. The number of anilines is 1. The van der Waals surface area contributed by atoms with E-state index in [1.165, 1.54) is 0 Å². The first-order valence-corrected chi connectivity index (χ1v) is 4.50. The van der Waals surface area contributed by atoms with E-state index in [0.717, 1.165) is 24.3 Å². The van der Waals surface area contributed by atoms with E-state index >= 15 is 0 Å². The third kappa shape index (κ3) is 1.34. The van der Waals surface area contributed by atoms with E-state index in [2.05, 4.69) is 15.5 Å². The molecule has 1 atom stereocenters. The lowest BCUT2D eigenvalue weighted by molar-refractivity contribution is 0.777. The van der Waals surface area contributed by atoms with Gasteiger partial charge in [0.25, 0.3) is 0 Å². The quantitative estimate of drug-likeness (QED) is 0.658. The topological polar surface area (TPSA) is 37.8 Å². The summed E-state index contributed by atoms with van der Waals surface area (Å²) in [4.78, 5) is 0. The molecule has 3 nitrogen and oxygen atoms in total. The van der Waals surface area contributed by atoms with E-state index in [4.69, 9.17) is 23.2 Å². The molecule has 1 N–H and O–H groups in total. The molecule has 0 saturated heterocycles. The summed E-state index contributed by atoms with van der Waals surface area (Å²) >= 11 is 11.7. The van der Waals surface area contributed by atoms with Crippen LogP contribution in [0.2, 0.25) is 5.15 Å². The second kappa shape index (κ2) is 3.07. The van der Waals surface area contributed by atoms with Gasteiger partial charge in [-0.3, -0.25) is 0 Å². The van der Waals surface area contributed by atoms with E-state index in [0.29, 0.717) is 5.15 Å². The highest BCUT2D eigenvalue weighted by Crippen LogP contribution is 2.33. The van der Waals surface area contributed by atoms with Gasteiger partial charge in [0.15, 0.2) is 11.0 Å². The van der Waals surface area contributed by atoms with Gasteiger partial charge in [-0.2, -0.15) is 0 Å². The van der Waals surface area contributed by atoms with Crippen molar-refractivity contribution in [3.8, 4) is 0 Å². The predicted molar refractivity (Wildman–Crippen MR) is 48.7 cm³/mol. The van der Waals surface area contributed by atoms with Gasteiger partial charge in [0.05, 0.1) is 5.38 Å². The average Bonchev–Trinajstić information content (AvgIpc) is 2.07. The zero-order valence-corrected chi connectivity index (χ0v) is 7.73. The van der Waals surface area contributed by atoms with Crippen LogP contribution in [0.25, 0.3) is 0 Å². The fourth-order valence-electron chi connectivity index (χ4n) is 1.23. The Morgan fingerprint density at radius 2 is 2.33 bits per heavy atom. The minimum atomic E-state index is 0.00856. The standard InChI is InChI=1S/C7H7Cl2N3/c8-5-1-2-10-7-4(5)3-6(9)11-12-7/h3,5H,1-2H2,(H,10,12). The SMILES string of the molecule is Clc1cc2c(nn1)NCCC2Cl. The fourth-order valence-corrected chi connectivity index (χ4v) is 1.66. The van der Waals surface area contributed by atoms with E-state index in [9.17, 15) is 0 Å². The number of aromatic nitrogens is 2. The van der Waals surface area contributed by atoms with Gasteiger partial charge in [-0.1, -0.05) is 11.6 Å². The van der Waals surface area contributed by atoms with Gasteiger partial charge in [0.2, 0.25) is 0 Å². The fraction of sp³-hybridized carbons (Fsp3) is 0.429. The van der Waals surface area contributed by atoms with E-state index in [1.54, 1.807) is 6.07 Å². The maximum absolute atomic E-state index is 6.05. The molecule has 0 spiro atoms. The van der Waals surface area contributed by atoms with Crippen LogP contribution in [0.15, 0.2) is 6.07 Å². The molecule has 1 aromatic rings. The van der Waals surface area contributed by atoms with Gasteiger partial charge >= 0.3 is 0 Å². The lowest BCUT2D eigenvalue weighted by atomic mass is 10.1. The summed E-state index contributed by atoms with van der Waals surface area (Å²) in [5.41, 5.74) is 0.947. The molecule has 2 heterocycles. The summed E-state index contributed by atoms with van der Waals surface area (Å²) in [5, 5.41) is 11.1. The van der Waals surface area contributed by atoms with Crippen molar-refractivity contribution in [2.24, 2.45) is 0 Å². The monoisotopic (exact) mass is 203 g/mol. The zero-order valence-electron chi connectivity index (χ0n) is 6.22. The normalized spacial score (nSPS) is 21.3. The summed E-state index contributed by atoms with van der Waals surface area (Å²) in [6.45, 7) is 0.845. The Hall–Kier alpha value is -0.540. The molecule has 0 saturated carbocycles. The Morgan fingerprint density at radius 1 is 1.50 bits per heavy atom. The minimum absolute atomic E-state index is 0.00856. The summed E-state index contributed by atoms with van der Waals surface area (Å²) in [5.74, 6) is 0.755. The van der Waals surface area contributed by atoms with Crippen LogP contribution in [0.5, 0.6) is 0 Å². The van der Waals surface area contributed by atoms with Crippen molar-refractivity contribution in [1.82, 2.24) is 10.2 Å². The van der Waals surface area contributed by atoms with Crippen molar-refractivity contribution < 1.29 is 0 Å². The van der Waals surface area contributed by atoms with Crippen LogP contribution in [0.3, 0.4) is 0 Å². The highest BCUT2D eigenvalue weighted by molar-refractivity contribution is 6.29. The molecule has 2 rings (SSSR count). The molecule has 5 heteroatoms. The Kier molecular flexibility index (Phi) is 2.07. The van der Waals surface area contributed by atoms with E-state index < -0.39 is 0 Å². The van der Waals surface area contributed by atoms with Crippen LogP contribution in [0.1, 0.15) is 17.4 Å². The molecule has 1 aliphatic rings. The summed E-state index contributed by atoms with van der Waals surface area (Å²) in [7, 11) is 0. The first-order valence-electron chi connectivity index (χ1n) is 3.68. The molecule has 0 aromatic carbocycles. The Morgan fingerprint density at radius 3 is 3.17 bits per heavy atom. The number of nitrogens with one attached hydrogen (secondary N) is 1. The van der Waals surface area contributed by atoms with Crippen molar-refractivity contribution in [2.75, 3.05) is 11.9 Å². The van der Waals surface area contributed by atoms with Crippen LogP contribution >= 0.6 is 23.2 Å². The van der Waals surface area contributed by atoms with Crippen LogP contribution < -0.4 is 5.32 Å². The number of alkyl halides is 1. The first kappa shape index (κ1) is 8.08. The van der Waals surface area contributed by atoms with E-state index in [1.807, 2.05) is 0 Å². The molecule has 0 radical (unpaired) electrons. The molecule has 1 unspecified atom stereocenters. The number of nitrogens with zero attached hydrogens (tertiary/aromatic N) is 2. The average molecular weight is 204 g/mol. The molecule has 1 aromatic heterocycles. The Bertz CT molecular complexity index is 303. The van der Waals surface area contributed by atoms with Gasteiger partial charge in [0.1, 0.15) is 0 Å².